The quantitative estimate of drug-likeness (QED) is 0.782. The zero-order valence-electron chi connectivity index (χ0n) is 10.5. The van der Waals surface area contributed by atoms with Crippen molar-refractivity contribution in [2.45, 2.75) is 44.6 Å². The lowest BCUT2D eigenvalue weighted by atomic mass is 9.85. The molecule has 1 saturated carbocycles. The molecule has 0 spiro atoms. The monoisotopic (exact) mass is 228 g/mol. The van der Waals surface area contributed by atoms with Crippen molar-refractivity contribution >= 4 is 5.57 Å². The molecular weight excluding hydrogens is 208 g/mol. The molecule has 1 N–H and O–H groups in total. The molecular formula is C15H20N2. The van der Waals surface area contributed by atoms with Gasteiger partial charge < -0.3 is 9.88 Å². The predicted octanol–water partition coefficient (Wildman–Crippen LogP) is 2.86. The van der Waals surface area contributed by atoms with Crippen LogP contribution in [-0.4, -0.2) is 17.7 Å². The Kier molecular flexibility index (Phi) is 2.04. The van der Waals surface area contributed by atoms with Gasteiger partial charge in [0.15, 0.2) is 0 Å². The van der Waals surface area contributed by atoms with Crippen LogP contribution < -0.4 is 5.32 Å². The maximum atomic E-state index is 3.53. The average molecular weight is 228 g/mol. The third kappa shape index (κ3) is 1.43. The fraction of sp³-hybridized carbons (Fsp3) is 0.600. The van der Waals surface area contributed by atoms with E-state index in [1.54, 1.807) is 22.4 Å². The summed E-state index contributed by atoms with van der Waals surface area (Å²) in [6.45, 7) is 5.71. The van der Waals surface area contributed by atoms with E-state index in [1.807, 2.05) is 0 Å². The topological polar surface area (TPSA) is 17.0 Å². The SMILES string of the molecule is CC1CC=C2CNCCn3cc(C4CC4)c1c32. The van der Waals surface area contributed by atoms with Crippen LogP contribution in [0.1, 0.15) is 54.8 Å². The lowest BCUT2D eigenvalue weighted by molar-refractivity contribution is 0.647. The third-order valence-electron chi connectivity index (χ3n) is 4.53. The van der Waals surface area contributed by atoms with Gasteiger partial charge in [0.25, 0.3) is 0 Å². The molecule has 0 radical (unpaired) electrons. The summed E-state index contributed by atoms with van der Waals surface area (Å²) in [6, 6.07) is 0. The van der Waals surface area contributed by atoms with Crippen molar-refractivity contribution in [1.82, 2.24) is 9.88 Å². The maximum absolute atomic E-state index is 3.53. The van der Waals surface area contributed by atoms with Crippen LogP contribution in [0.15, 0.2) is 12.3 Å². The molecule has 2 heteroatoms. The molecule has 1 fully saturated rings. The first-order valence-corrected chi connectivity index (χ1v) is 6.97. The molecule has 0 bridgehead atoms. The molecule has 0 amide bonds. The highest BCUT2D eigenvalue weighted by atomic mass is 15.0. The van der Waals surface area contributed by atoms with E-state index in [0.29, 0.717) is 0 Å². The van der Waals surface area contributed by atoms with Gasteiger partial charge in [0.2, 0.25) is 0 Å². The van der Waals surface area contributed by atoms with Gasteiger partial charge in [-0.15, -0.1) is 0 Å². The van der Waals surface area contributed by atoms with E-state index in [9.17, 15) is 0 Å². The van der Waals surface area contributed by atoms with Gasteiger partial charge in [0.1, 0.15) is 0 Å². The van der Waals surface area contributed by atoms with E-state index in [-0.39, 0.29) is 0 Å². The van der Waals surface area contributed by atoms with Gasteiger partial charge in [-0.25, -0.2) is 0 Å². The van der Waals surface area contributed by atoms with Gasteiger partial charge in [-0.05, 0) is 47.8 Å². The number of rotatable bonds is 1. The molecule has 2 nitrogen and oxygen atoms in total. The van der Waals surface area contributed by atoms with Crippen LogP contribution in [-0.2, 0) is 6.54 Å². The molecule has 90 valence electrons. The first-order valence-electron chi connectivity index (χ1n) is 6.97. The van der Waals surface area contributed by atoms with Crippen LogP contribution in [0, 0.1) is 0 Å². The van der Waals surface area contributed by atoms with Gasteiger partial charge >= 0.3 is 0 Å². The first-order chi connectivity index (χ1) is 8.34. The Hall–Kier alpha value is -1.02. The van der Waals surface area contributed by atoms with Gasteiger partial charge in [-0.1, -0.05) is 13.0 Å². The summed E-state index contributed by atoms with van der Waals surface area (Å²) in [5.74, 6) is 1.61. The summed E-state index contributed by atoms with van der Waals surface area (Å²) >= 11 is 0. The van der Waals surface area contributed by atoms with E-state index < -0.39 is 0 Å². The summed E-state index contributed by atoms with van der Waals surface area (Å²) in [5, 5.41) is 3.53. The molecule has 1 aliphatic heterocycles. The van der Waals surface area contributed by atoms with E-state index in [2.05, 4.69) is 29.1 Å². The highest BCUT2D eigenvalue weighted by Gasteiger charge is 2.34. The van der Waals surface area contributed by atoms with E-state index in [0.717, 1.165) is 31.5 Å². The Morgan fingerprint density at radius 3 is 3.06 bits per heavy atom. The minimum Gasteiger partial charge on any atom is -0.346 e. The molecule has 0 saturated heterocycles. The average Bonchev–Trinajstić information content (AvgIpc) is 3.11. The smallest absolute Gasteiger partial charge is 0.0487 e. The van der Waals surface area contributed by atoms with Gasteiger partial charge in [-0.2, -0.15) is 0 Å². The van der Waals surface area contributed by atoms with Gasteiger partial charge in [0.05, 0.1) is 0 Å². The number of hydrogen-bond donors (Lipinski definition) is 1. The number of allylic oxidation sites excluding steroid dienone is 1. The fourth-order valence-electron chi connectivity index (χ4n) is 3.48. The molecule has 1 atom stereocenters. The van der Waals surface area contributed by atoms with Crippen molar-refractivity contribution in [2.24, 2.45) is 0 Å². The van der Waals surface area contributed by atoms with Gasteiger partial charge in [0, 0.05) is 31.5 Å². The zero-order valence-corrected chi connectivity index (χ0v) is 10.5. The Morgan fingerprint density at radius 2 is 2.24 bits per heavy atom. The fourth-order valence-corrected chi connectivity index (χ4v) is 3.48. The molecule has 0 aromatic carbocycles. The maximum Gasteiger partial charge on any atom is 0.0487 e. The number of aromatic nitrogens is 1. The highest BCUT2D eigenvalue weighted by Crippen LogP contribution is 2.48. The second-order valence-electron chi connectivity index (χ2n) is 5.86. The summed E-state index contributed by atoms with van der Waals surface area (Å²) in [6.07, 6.45) is 8.98. The Bertz CT molecular complexity index is 491. The van der Waals surface area contributed by atoms with Crippen LogP contribution in [0.4, 0.5) is 0 Å². The molecule has 2 heterocycles. The Labute approximate surface area is 103 Å². The van der Waals surface area contributed by atoms with Crippen LogP contribution in [0.3, 0.4) is 0 Å². The molecule has 4 rings (SSSR count). The van der Waals surface area contributed by atoms with Crippen molar-refractivity contribution in [2.75, 3.05) is 13.1 Å². The summed E-state index contributed by atoms with van der Waals surface area (Å²) < 4.78 is 2.52. The predicted molar refractivity (Wildman–Crippen MR) is 70.3 cm³/mol. The van der Waals surface area contributed by atoms with Crippen molar-refractivity contribution in [3.63, 3.8) is 0 Å². The van der Waals surface area contributed by atoms with Crippen molar-refractivity contribution in [1.29, 1.82) is 0 Å². The molecule has 2 aliphatic carbocycles. The molecule has 1 aromatic rings. The first kappa shape index (κ1) is 9.95. The standard InChI is InChI=1S/C15H20N2/c1-10-2-3-12-8-16-6-7-17-9-13(11-4-5-11)14(10)15(12)17/h3,9-11,16H,2,4-8H2,1H3. The third-order valence-corrected chi connectivity index (χ3v) is 4.53. The molecule has 1 unspecified atom stereocenters. The van der Waals surface area contributed by atoms with Crippen molar-refractivity contribution in [3.8, 4) is 0 Å². The minimum absolute atomic E-state index is 0.726. The Balaban J connectivity index is 1.93. The Morgan fingerprint density at radius 1 is 1.35 bits per heavy atom. The molecule has 17 heavy (non-hydrogen) atoms. The van der Waals surface area contributed by atoms with Crippen molar-refractivity contribution < 1.29 is 0 Å². The van der Waals surface area contributed by atoms with Crippen LogP contribution in [0.25, 0.3) is 5.57 Å². The van der Waals surface area contributed by atoms with Crippen molar-refractivity contribution in [3.05, 3.63) is 29.1 Å². The lowest BCUT2D eigenvalue weighted by Gasteiger charge is -2.21. The normalized spacial score (nSPS) is 27.4. The number of nitrogens with zero attached hydrogens (tertiary/aromatic N) is 1. The zero-order chi connectivity index (χ0) is 11.4. The highest BCUT2D eigenvalue weighted by molar-refractivity contribution is 5.72. The number of nitrogens with one attached hydrogen (secondary N) is 1. The molecule has 3 aliphatic rings. The molecule has 1 aromatic heterocycles. The van der Waals surface area contributed by atoms with Crippen LogP contribution in [0.5, 0.6) is 0 Å². The largest absolute Gasteiger partial charge is 0.346 e. The van der Waals surface area contributed by atoms with Crippen LogP contribution in [0.2, 0.25) is 0 Å². The van der Waals surface area contributed by atoms with Crippen LogP contribution >= 0.6 is 0 Å². The lowest BCUT2D eigenvalue weighted by Crippen LogP contribution is -2.17. The van der Waals surface area contributed by atoms with Gasteiger partial charge in [-0.3, -0.25) is 0 Å². The summed E-state index contributed by atoms with van der Waals surface area (Å²) in [7, 11) is 0. The minimum atomic E-state index is 0.726. The second-order valence-corrected chi connectivity index (χ2v) is 5.86. The van der Waals surface area contributed by atoms with E-state index >= 15 is 0 Å². The number of hydrogen-bond acceptors (Lipinski definition) is 1. The van der Waals surface area contributed by atoms with E-state index in [4.69, 9.17) is 0 Å². The van der Waals surface area contributed by atoms with E-state index in [1.165, 1.54) is 19.3 Å². The second kappa shape index (κ2) is 3.49. The summed E-state index contributed by atoms with van der Waals surface area (Å²) in [4.78, 5) is 0. The summed E-state index contributed by atoms with van der Waals surface area (Å²) in [5.41, 5.74) is 6.48.